The zero-order chi connectivity index (χ0) is 10.2. The fourth-order valence-electron chi connectivity index (χ4n) is 1.20. The number of unbranched alkanes of at least 4 members (excludes halogenated alkanes) is 3. The second-order valence-electron chi connectivity index (χ2n) is 4.37. The summed E-state index contributed by atoms with van der Waals surface area (Å²) in [6.07, 6.45) is 6.06. The topological polar surface area (TPSA) is 32.3 Å². The number of hydrogen-bond acceptors (Lipinski definition) is 2. The molecule has 0 heterocycles. The highest BCUT2D eigenvalue weighted by molar-refractivity contribution is 4.66. The maximum atomic E-state index is 9.42. The lowest BCUT2D eigenvalue weighted by Crippen LogP contribution is -2.27. The molecule has 0 spiro atoms. The first-order valence-electron chi connectivity index (χ1n) is 5.49. The van der Waals surface area contributed by atoms with E-state index in [1.807, 2.05) is 13.8 Å². The van der Waals surface area contributed by atoms with Gasteiger partial charge in [0.05, 0.1) is 5.60 Å². The molecule has 0 bridgehead atoms. The summed E-state index contributed by atoms with van der Waals surface area (Å²) in [4.78, 5) is 0. The van der Waals surface area contributed by atoms with E-state index in [1.165, 1.54) is 25.7 Å². The minimum Gasteiger partial charge on any atom is -0.390 e. The molecular weight excluding hydrogens is 162 g/mol. The Labute approximate surface area is 82.7 Å². The minimum atomic E-state index is -0.517. The molecule has 0 aromatic rings. The first kappa shape index (κ1) is 12.9. The number of rotatable bonds is 8. The van der Waals surface area contributed by atoms with E-state index in [1.54, 1.807) is 0 Å². The third kappa shape index (κ3) is 11.9. The maximum absolute atomic E-state index is 9.42. The minimum absolute atomic E-state index is 0.517. The molecule has 2 N–H and O–H groups in total. The van der Waals surface area contributed by atoms with Crippen molar-refractivity contribution in [3.05, 3.63) is 0 Å². The van der Waals surface area contributed by atoms with Gasteiger partial charge >= 0.3 is 0 Å². The van der Waals surface area contributed by atoms with Gasteiger partial charge in [-0.15, -0.1) is 0 Å². The Kier molecular flexibility index (Phi) is 7.29. The molecule has 0 aromatic carbocycles. The van der Waals surface area contributed by atoms with E-state index in [9.17, 15) is 5.11 Å². The molecule has 0 aliphatic heterocycles. The van der Waals surface area contributed by atoms with Crippen LogP contribution in [0.4, 0.5) is 0 Å². The Morgan fingerprint density at radius 3 is 2.31 bits per heavy atom. The van der Waals surface area contributed by atoms with Crippen molar-refractivity contribution in [1.29, 1.82) is 0 Å². The van der Waals surface area contributed by atoms with Crippen LogP contribution in [0.1, 0.15) is 52.9 Å². The van der Waals surface area contributed by atoms with Gasteiger partial charge < -0.3 is 10.4 Å². The molecule has 0 atom stereocenters. The SMILES string of the molecule is CCCCCCNCCC(C)(C)O. The second kappa shape index (κ2) is 7.34. The van der Waals surface area contributed by atoms with Crippen LogP contribution in [0, 0.1) is 0 Å². The van der Waals surface area contributed by atoms with E-state index in [0.29, 0.717) is 0 Å². The number of hydrogen-bond donors (Lipinski definition) is 2. The van der Waals surface area contributed by atoms with Crippen LogP contribution in [0.15, 0.2) is 0 Å². The van der Waals surface area contributed by atoms with Gasteiger partial charge in [-0.3, -0.25) is 0 Å². The highest BCUT2D eigenvalue weighted by Crippen LogP contribution is 2.05. The fraction of sp³-hybridized carbons (Fsp3) is 1.00. The highest BCUT2D eigenvalue weighted by atomic mass is 16.3. The Bertz CT molecular complexity index is 107. The largest absolute Gasteiger partial charge is 0.390 e. The lowest BCUT2D eigenvalue weighted by molar-refractivity contribution is 0.0712. The molecule has 0 saturated heterocycles. The van der Waals surface area contributed by atoms with Crippen LogP contribution in [0.2, 0.25) is 0 Å². The monoisotopic (exact) mass is 187 g/mol. The number of nitrogens with one attached hydrogen (secondary N) is 1. The van der Waals surface area contributed by atoms with Gasteiger partial charge in [0.25, 0.3) is 0 Å². The quantitative estimate of drug-likeness (QED) is 0.572. The van der Waals surface area contributed by atoms with Crippen LogP contribution in [0.3, 0.4) is 0 Å². The van der Waals surface area contributed by atoms with Crippen LogP contribution in [0.5, 0.6) is 0 Å². The van der Waals surface area contributed by atoms with Crippen molar-refractivity contribution in [1.82, 2.24) is 5.32 Å². The van der Waals surface area contributed by atoms with E-state index in [4.69, 9.17) is 0 Å². The fourth-order valence-corrected chi connectivity index (χ4v) is 1.20. The summed E-state index contributed by atoms with van der Waals surface area (Å²) in [7, 11) is 0. The standard InChI is InChI=1S/C11H25NO/c1-4-5-6-7-9-12-10-8-11(2,3)13/h12-13H,4-10H2,1-3H3. The van der Waals surface area contributed by atoms with Crippen molar-refractivity contribution >= 4 is 0 Å². The molecule has 0 rings (SSSR count). The molecule has 80 valence electrons. The Morgan fingerprint density at radius 1 is 1.08 bits per heavy atom. The molecule has 0 amide bonds. The van der Waals surface area contributed by atoms with Gasteiger partial charge in [0.2, 0.25) is 0 Å². The molecule has 0 saturated carbocycles. The van der Waals surface area contributed by atoms with E-state index in [2.05, 4.69) is 12.2 Å². The molecule has 0 aliphatic carbocycles. The third-order valence-corrected chi connectivity index (χ3v) is 2.12. The molecule has 0 aliphatic rings. The smallest absolute Gasteiger partial charge is 0.0603 e. The molecule has 2 heteroatoms. The van der Waals surface area contributed by atoms with Crippen molar-refractivity contribution in [3.8, 4) is 0 Å². The Balaban J connectivity index is 3.00. The highest BCUT2D eigenvalue weighted by Gasteiger charge is 2.10. The van der Waals surface area contributed by atoms with Gasteiger partial charge in [0.1, 0.15) is 0 Å². The van der Waals surface area contributed by atoms with E-state index in [0.717, 1.165) is 19.5 Å². The average molecular weight is 187 g/mol. The molecule has 0 aromatic heterocycles. The summed E-state index contributed by atoms with van der Waals surface area (Å²) in [5.74, 6) is 0. The first-order chi connectivity index (χ1) is 6.06. The van der Waals surface area contributed by atoms with Crippen LogP contribution >= 0.6 is 0 Å². The zero-order valence-corrected chi connectivity index (χ0v) is 9.40. The van der Waals surface area contributed by atoms with E-state index in [-0.39, 0.29) is 0 Å². The van der Waals surface area contributed by atoms with Crippen molar-refractivity contribution in [2.24, 2.45) is 0 Å². The Morgan fingerprint density at radius 2 is 1.77 bits per heavy atom. The van der Waals surface area contributed by atoms with Crippen molar-refractivity contribution in [2.45, 2.75) is 58.5 Å². The van der Waals surface area contributed by atoms with Gasteiger partial charge in [0.15, 0.2) is 0 Å². The summed E-state index contributed by atoms with van der Waals surface area (Å²) in [5.41, 5.74) is -0.517. The zero-order valence-electron chi connectivity index (χ0n) is 9.40. The van der Waals surface area contributed by atoms with E-state index < -0.39 is 5.60 Å². The normalized spacial score (nSPS) is 12.0. The number of aliphatic hydroxyl groups is 1. The predicted octanol–water partition coefficient (Wildman–Crippen LogP) is 2.32. The maximum Gasteiger partial charge on any atom is 0.0603 e. The van der Waals surface area contributed by atoms with Gasteiger partial charge in [0, 0.05) is 0 Å². The van der Waals surface area contributed by atoms with Crippen molar-refractivity contribution in [3.63, 3.8) is 0 Å². The lowest BCUT2D eigenvalue weighted by atomic mass is 10.1. The van der Waals surface area contributed by atoms with Gasteiger partial charge in [-0.1, -0.05) is 26.2 Å². The van der Waals surface area contributed by atoms with Gasteiger partial charge in [-0.05, 0) is 39.8 Å². The summed E-state index contributed by atoms with van der Waals surface area (Å²) >= 11 is 0. The van der Waals surface area contributed by atoms with Crippen LogP contribution < -0.4 is 5.32 Å². The third-order valence-electron chi connectivity index (χ3n) is 2.12. The van der Waals surface area contributed by atoms with E-state index >= 15 is 0 Å². The molecule has 0 radical (unpaired) electrons. The molecule has 13 heavy (non-hydrogen) atoms. The second-order valence-corrected chi connectivity index (χ2v) is 4.37. The Hall–Kier alpha value is -0.0800. The molecular formula is C11H25NO. The van der Waals surface area contributed by atoms with Crippen molar-refractivity contribution < 1.29 is 5.11 Å². The molecule has 2 nitrogen and oxygen atoms in total. The van der Waals surface area contributed by atoms with Crippen LogP contribution in [0.25, 0.3) is 0 Å². The van der Waals surface area contributed by atoms with Crippen LogP contribution in [-0.2, 0) is 0 Å². The van der Waals surface area contributed by atoms with Gasteiger partial charge in [-0.25, -0.2) is 0 Å². The lowest BCUT2D eigenvalue weighted by Gasteiger charge is -2.16. The molecule has 0 fully saturated rings. The van der Waals surface area contributed by atoms with Gasteiger partial charge in [-0.2, -0.15) is 0 Å². The average Bonchev–Trinajstić information content (AvgIpc) is 2.01. The predicted molar refractivity (Wildman–Crippen MR) is 57.9 cm³/mol. The summed E-state index contributed by atoms with van der Waals surface area (Å²) in [5, 5.41) is 12.8. The molecule has 0 unspecified atom stereocenters. The van der Waals surface area contributed by atoms with Crippen molar-refractivity contribution in [2.75, 3.05) is 13.1 Å². The first-order valence-corrected chi connectivity index (χ1v) is 5.49. The summed E-state index contributed by atoms with van der Waals surface area (Å²) in [6, 6.07) is 0. The summed E-state index contributed by atoms with van der Waals surface area (Å²) < 4.78 is 0. The summed E-state index contributed by atoms with van der Waals surface area (Å²) in [6.45, 7) is 7.95. The van der Waals surface area contributed by atoms with Crippen LogP contribution in [-0.4, -0.2) is 23.8 Å².